The SMILES string of the molecule is Cc1nn(C)c2sc(-c3nc([C@H]4CN(C)CCN4)no3)cc12. The van der Waals surface area contributed by atoms with Crippen LogP contribution in [-0.4, -0.2) is 51.5 Å². The molecular formula is C14H18N6OS. The lowest BCUT2D eigenvalue weighted by atomic mass is 10.2. The molecule has 0 aliphatic carbocycles. The maximum absolute atomic E-state index is 5.48. The zero-order valence-electron chi connectivity index (χ0n) is 12.8. The van der Waals surface area contributed by atoms with Crippen molar-refractivity contribution in [3.8, 4) is 10.8 Å². The van der Waals surface area contributed by atoms with E-state index < -0.39 is 0 Å². The lowest BCUT2D eigenvalue weighted by Crippen LogP contribution is -2.44. The van der Waals surface area contributed by atoms with E-state index in [1.807, 2.05) is 18.7 Å². The minimum absolute atomic E-state index is 0.133. The number of likely N-dealkylation sites (N-methyl/N-ethyl adjacent to an activating group) is 1. The van der Waals surface area contributed by atoms with Crippen LogP contribution in [0, 0.1) is 6.92 Å². The van der Waals surface area contributed by atoms with Crippen LogP contribution in [0.5, 0.6) is 0 Å². The molecule has 1 aliphatic rings. The number of thiophene rings is 1. The van der Waals surface area contributed by atoms with Gasteiger partial charge in [0, 0.05) is 32.1 Å². The minimum Gasteiger partial charge on any atom is -0.333 e. The van der Waals surface area contributed by atoms with Gasteiger partial charge in [0.25, 0.3) is 5.89 Å². The molecule has 1 aliphatic heterocycles. The van der Waals surface area contributed by atoms with E-state index in [0.29, 0.717) is 5.89 Å². The largest absolute Gasteiger partial charge is 0.333 e. The van der Waals surface area contributed by atoms with Crippen LogP contribution < -0.4 is 5.32 Å². The molecular weight excluding hydrogens is 300 g/mol. The molecule has 3 aromatic heterocycles. The highest BCUT2D eigenvalue weighted by molar-refractivity contribution is 7.21. The van der Waals surface area contributed by atoms with Crippen molar-refractivity contribution in [2.45, 2.75) is 13.0 Å². The molecule has 0 spiro atoms. The van der Waals surface area contributed by atoms with Crippen LogP contribution in [0.1, 0.15) is 17.6 Å². The van der Waals surface area contributed by atoms with Gasteiger partial charge in [-0.25, -0.2) is 0 Å². The average Bonchev–Trinajstić information content (AvgIpc) is 3.18. The van der Waals surface area contributed by atoms with Crippen LogP contribution in [-0.2, 0) is 7.05 Å². The second-order valence-corrected chi connectivity index (χ2v) is 6.80. The third kappa shape index (κ3) is 2.23. The first-order chi connectivity index (χ1) is 10.6. The third-order valence-electron chi connectivity index (χ3n) is 4.04. The summed E-state index contributed by atoms with van der Waals surface area (Å²) < 4.78 is 7.38. The van der Waals surface area contributed by atoms with Gasteiger partial charge in [0.05, 0.1) is 16.6 Å². The van der Waals surface area contributed by atoms with Crippen molar-refractivity contribution in [2.24, 2.45) is 7.05 Å². The van der Waals surface area contributed by atoms with Crippen molar-refractivity contribution in [3.05, 3.63) is 17.6 Å². The number of nitrogens with zero attached hydrogens (tertiary/aromatic N) is 5. The van der Waals surface area contributed by atoms with Crippen molar-refractivity contribution in [2.75, 3.05) is 26.7 Å². The fourth-order valence-corrected chi connectivity index (χ4v) is 3.90. The van der Waals surface area contributed by atoms with E-state index in [9.17, 15) is 0 Å². The molecule has 1 atom stereocenters. The average molecular weight is 318 g/mol. The fourth-order valence-electron chi connectivity index (χ4n) is 2.86. The Balaban J connectivity index is 1.66. The standard InChI is InChI=1S/C14H18N6OS/c1-8-9-6-11(22-14(9)20(3)17-8)13-16-12(18-21-13)10-7-19(2)5-4-15-10/h6,10,15H,4-5,7H2,1-3H3/t10-/m1/s1. The predicted octanol–water partition coefficient (Wildman–Crippen LogP) is 1.57. The molecule has 1 fully saturated rings. The number of hydrogen-bond donors (Lipinski definition) is 1. The number of rotatable bonds is 2. The van der Waals surface area contributed by atoms with Crippen molar-refractivity contribution in [3.63, 3.8) is 0 Å². The van der Waals surface area contributed by atoms with Gasteiger partial charge in [-0.3, -0.25) is 4.68 Å². The second kappa shape index (κ2) is 5.15. The number of aryl methyl sites for hydroxylation is 2. The Labute approximate surface area is 131 Å². The molecule has 0 amide bonds. The van der Waals surface area contributed by atoms with E-state index >= 15 is 0 Å². The van der Waals surface area contributed by atoms with Gasteiger partial charge in [-0.2, -0.15) is 10.1 Å². The predicted molar refractivity (Wildman–Crippen MR) is 84.9 cm³/mol. The summed E-state index contributed by atoms with van der Waals surface area (Å²) in [6.45, 7) is 4.90. The van der Waals surface area contributed by atoms with E-state index in [0.717, 1.165) is 46.2 Å². The smallest absolute Gasteiger partial charge is 0.268 e. The third-order valence-corrected chi connectivity index (χ3v) is 5.23. The van der Waals surface area contributed by atoms with Gasteiger partial charge in [0.15, 0.2) is 5.82 Å². The summed E-state index contributed by atoms with van der Waals surface area (Å²) in [4.78, 5) is 8.98. The number of hydrogen-bond acceptors (Lipinski definition) is 7. The van der Waals surface area contributed by atoms with Gasteiger partial charge < -0.3 is 14.7 Å². The van der Waals surface area contributed by atoms with Crippen LogP contribution in [0.15, 0.2) is 10.6 Å². The summed E-state index contributed by atoms with van der Waals surface area (Å²) in [5.74, 6) is 1.32. The molecule has 1 N–H and O–H groups in total. The first-order valence-electron chi connectivity index (χ1n) is 7.31. The molecule has 22 heavy (non-hydrogen) atoms. The van der Waals surface area contributed by atoms with Crippen LogP contribution in [0.4, 0.5) is 0 Å². The zero-order valence-corrected chi connectivity index (χ0v) is 13.6. The highest BCUT2D eigenvalue weighted by Crippen LogP contribution is 2.34. The number of fused-ring (bicyclic) bond motifs is 1. The van der Waals surface area contributed by atoms with E-state index in [1.54, 1.807) is 11.3 Å². The molecule has 116 valence electrons. The van der Waals surface area contributed by atoms with Crippen molar-refractivity contribution in [1.82, 2.24) is 30.1 Å². The molecule has 0 radical (unpaired) electrons. The Morgan fingerprint density at radius 1 is 1.41 bits per heavy atom. The van der Waals surface area contributed by atoms with Crippen LogP contribution in [0.25, 0.3) is 21.0 Å². The van der Waals surface area contributed by atoms with Crippen LogP contribution in [0.3, 0.4) is 0 Å². The zero-order chi connectivity index (χ0) is 15.3. The van der Waals surface area contributed by atoms with Gasteiger partial charge in [-0.05, 0) is 20.0 Å². The lowest BCUT2D eigenvalue weighted by Gasteiger charge is -2.28. The molecule has 4 rings (SSSR count). The van der Waals surface area contributed by atoms with E-state index in [-0.39, 0.29) is 6.04 Å². The normalized spacial score (nSPS) is 20.0. The quantitative estimate of drug-likeness (QED) is 0.773. The molecule has 4 heterocycles. The number of aromatic nitrogens is 4. The molecule has 0 saturated carbocycles. The van der Waals surface area contributed by atoms with E-state index in [4.69, 9.17) is 4.52 Å². The first kappa shape index (κ1) is 13.9. The van der Waals surface area contributed by atoms with Gasteiger partial charge in [0.1, 0.15) is 4.83 Å². The molecule has 7 nitrogen and oxygen atoms in total. The summed E-state index contributed by atoms with van der Waals surface area (Å²) in [7, 11) is 4.06. The monoisotopic (exact) mass is 318 g/mol. The van der Waals surface area contributed by atoms with E-state index in [2.05, 4.69) is 38.6 Å². The van der Waals surface area contributed by atoms with Crippen LogP contribution >= 0.6 is 11.3 Å². The molecule has 0 aromatic carbocycles. The van der Waals surface area contributed by atoms with Crippen molar-refractivity contribution < 1.29 is 4.52 Å². The lowest BCUT2D eigenvalue weighted by molar-refractivity contribution is 0.232. The Hall–Kier alpha value is -1.77. The van der Waals surface area contributed by atoms with Crippen molar-refractivity contribution >= 4 is 21.6 Å². The minimum atomic E-state index is 0.133. The summed E-state index contributed by atoms with van der Waals surface area (Å²) in [6.07, 6.45) is 0. The Morgan fingerprint density at radius 3 is 3.05 bits per heavy atom. The molecule has 8 heteroatoms. The highest BCUT2D eigenvalue weighted by Gasteiger charge is 2.24. The summed E-state index contributed by atoms with van der Waals surface area (Å²) >= 11 is 1.63. The summed E-state index contributed by atoms with van der Waals surface area (Å²) in [5, 5.41) is 13.2. The molecule has 0 bridgehead atoms. The summed E-state index contributed by atoms with van der Waals surface area (Å²) in [5.41, 5.74) is 1.02. The van der Waals surface area contributed by atoms with Gasteiger partial charge in [-0.1, -0.05) is 5.16 Å². The summed E-state index contributed by atoms with van der Waals surface area (Å²) in [6, 6.07) is 2.22. The van der Waals surface area contributed by atoms with Gasteiger partial charge in [-0.15, -0.1) is 11.3 Å². The first-order valence-corrected chi connectivity index (χ1v) is 8.12. The highest BCUT2D eigenvalue weighted by atomic mass is 32.1. The Kier molecular flexibility index (Phi) is 3.24. The second-order valence-electron chi connectivity index (χ2n) is 5.77. The number of nitrogens with one attached hydrogen (secondary N) is 1. The van der Waals surface area contributed by atoms with Crippen LogP contribution in [0.2, 0.25) is 0 Å². The molecule has 1 saturated heterocycles. The Bertz CT molecular complexity index is 784. The topological polar surface area (TPSA) is 72.0 Å². The van der Waals surface area contributed by atoms with E-state index in [1.165, 1.54) is 0 Å². The van der Waals surface area contributed by atoms with Crippen molar-refractivity contribution in [1.29, 1.82) is 0 Å². The maximum Gasteiger partial charge on any atom is 0.268 e. The maximum atomic E-state index is 5.48. The van der Waals surface area contributed by atoms with Gasteiger partial charge >= 0.3 is 0 Å². The fraction of sp³-hybridized carbons (Fsp3) is 0.500. The molecule has 0 unspecified atom stereocenters. The van der Waals surface area contributed by atoms with Gasteiger partial charge in [0.2, 0.25) is 0 Å². The Morgan fingerprint density at radius 2 is 2.27 bits per heavy atom. The number of piperazine rings is 1. The molecule has 3 aromatic rings.